The van der Waals surface area contributed by atoms with Crippen LogP contribution in [0.4, 0.5) is 5.69 Å². The molecule has 0 N–H and O–H groups in total. The van der Waals surface area contributed by atoms with E-state index >= 15 is 0 Å². The normalized spacial score (nSPS) is 11.2. The fourth-order valence-electron chi connectivity index (χ4n) is 2.93. The molecule has 0 amide bonds. The van der Waals surface area contributed by atoms with Crippen LogP contribution in [0.3, 0.4) is 0 Å². The third-order valence-electron chi connectivity index (χ3n) is 4.63. The quantitative estimate of drug-likeness (QED) is 0.510. The predicted molar refractivity (Wildman–Crippen MR) is 112 cm³/mol. The number of hydrogen-bond acceptors (Lipinski definition) is 4. The van der Waals surface area contributed by atoms with E-state index in [0.717, 1.165) is 30.0 Å². The number of hydrogen-bond donors (Lipinski definition) is 0. The first-order chi connectivity index (χ1) is 12.9. The molecule has 0 bridgehead atoms. The van der Waals surface area contributed by atoms with Crippen molar-refractivity contribution in [2.24, 2.45) is 0 Å². The molecule has 4 heteroatoms. The van der Waals surface area contributed by atoms with Gasteiger partial charge < -0.3 is 9.80 Å². The molecule has 0 aliphatic heterocycles. The molecule has 0 heterocycles. The van der Waals surface area contributed by atoms with E-state index in [1.165, 1.54) is 6.92 Å². The molecule has 0 saturated heterocycles. The van der Waals surface area contributed by atoms with Crippen molar-refractivity contribution in [1.82, 2.24) is 4.90 Å². The summed E-state index contributed by atoms with van der Waals surface area (Å²) in [6, 6.07) is 15.0. The van der Waals surface area contributed by atoms with Crippen molar-refractivity contribution in [2.45, 2.75) is 20.8 Å². The lowest BCUT2D eigenvalue weighted by Crippen LogP contribution is -2.22. The molecular formula is C23H28N2O2. The first-order valence-corrected chi connectivity index (χ1v) is 9.27. The zero-order valence-electron chi connectivity index (χ0n) is 16.8. The minimum absolute atomic E-state index is 0.00523. The van der Waals surface area contributed by atoms with E-state index in [1.54, 1.807) is 30.3 Å². The average molecular weight is 364 g/mol. The number of allylic oxidation sites excluding steroid dienone is 1. The molecule has 2 aromatic carbocycles. The topological polar surface area (TPSA) is 40.6 Å². The Hall–Kier alpha value is -2.88. The Balaban J connectivity index is 2.40. The number of nitrogens with zero attached hydrogens (tertiary/aromatic N) is 2. The third-order valence-corrected chi connectivity index (χ3v) is 4.63. The van der Waals surface area contributed by atoms with E-state index in [0.29, 0.717) is 11.1 Å². The second-order valence-electron chi connectivity index (χ2n) is 6.64. The van der Waals surface area contributed by atoms with Gasteiger partial charge in [-0.15, -0.1) is 0 Å². The van der Waals surface area contributed by atoms with E-state index in [2.05, 4.69) is 30.9 Å². The first kappa shape index (κ1) is 20.4. The number of rotatable bonds is 8. The van der Waals surface area contributed by atoms with Gasteiger partial charge in [0.05, 0.1) is 0 Å². The van der Waals surface area contributed by atoms with Gasteiger partial charge in [-0.05, 0) is 38.5 Å². The van der Waals surface area contributed by atoms with Crippen molar-refractivity contribution in [3.63, 3.8) is 0 Å². The van der Waals surface area contributed by atoms with Crippen LogP contribution in [0.25, 0.3) is 5.70 Å². The van der Waals surface area contributed by atoms with E-state index in [9.17, 15) is 9.59 Å². The number of Topliss-reactive ketones (excluding diaryl/α,β-unsaturated/α-hetero) is 1. The first-order valence-electron chi connectivity index (χ1n) is 9.27. The van der Waals surface area contributed by atoms with Gasteiger partial charge in [-0.25, -0.2) is 0 Å². The molecule has 0 saturated carbocycles. The van der Waals surface area contributed by atoms with Gasteiger partial charge in [0.2, 0.25) is 0 Å². The summed E-state index contributed by atoms with van der Waals surface area (Å²) >= 11 is 0. The highest BCUT2D eigenvalue weighted by Gasteiger charge is 2.13. The second-order valence-corrected chi connectivity index (χ2v) is 6.64. The summed E-state index contributed by atoms with van der Waals surface area (Å²) in [6.07, 6.45) is 1.69. The predicted octanol–water partition coefficient (Wildman–Crippen LogP) is 4.52. The summed E-state index contributed by atoms with van der Waals surface area (Å²) in [5, 5.41) is 0. The lowest BCUT2D eigenvalue weighted by Gasteiger charge is -2.25. The van der Waals surface area contributed by atoms with Gasteiger partial charge in [0, 0.05) is 55.8 Å². The summed E-state index contributed by atoms with van der Waals surface area (Å²) in [7, 11) is 4.01. The van der Waals surface area contributed by atoms with Crippen LogP contribution in [0.2, 0.25) is 0 Å². The fraction of sp³-hybridized carbons (Fsp3) is 0.304. The van der Waals surface area contributed by atoms with Gasteiger partial charge in [0.25, 0.3) is 0 Å². The smallest absolute Gasteiger partial charge is 0.187 e. The van der Waals surface area contributed by atoms with Gasteiger partial charge in [-0.3, -0.25) is 9.59 Å². The van der Waals surface area contributed by atoms with Crippen LogP contribution in [0.1, 0.15) is 47.1 Å². The molecule has 142 valence electrons. The number of carbonyl (C=O) groups is 2. The van der Waals surface area contributed by atoms with Crippen molar-refractivity contribution in [3.05, 3.63) is 71.3 Å². The van der Waals surface area contributed by atoms with Crippen LogP contribution in [0.5, 0.6) is 0 Å². The monoisotopic (exact) mass is 364 g/mol. The second kappa shape index (κ2) is 9.17. The lowest BCUT2D eigenvalue weighted by atomic mass is 10.0. The standard InChI is InChI=1S/C23H28N2O2/c1-6-25(7-2)22(19-12-14-21(15-13-19)24(4)5)16-23(27)20-10-8-18(9-11-20)17(3)26/h8-16H,6-7H2,1-5H3/b22-16-. The van der Waals surface area contributed by atoms with Gasteiger partial charge in [-0.2, -0.15) is 0 Å². The molecule has 0 aliphatic carbocycles. The molecule has 27 heavy (non-hydrogen) atoms. The van der Waals surface area contributed by atoms with Crippen molar-refractivity contribution in [2.75, 3.05) is 32.1 Å². The average Bonchev–Trinajstić information content (AvgIpc) is 2.68. The zero-order valence-corrected chi connectivity index (χ0v) is 16.8. The van der Waals surface area contributed by atoms with Crippen molar-refractivity contribution >= 4 is 23.0 Å². The summed E-state index contributed by atoms with van der Waals surface area (Å²) in [5.74, 6) is -0.0713. The fourth-order valence-corrected chi connectivity index (χ4v) is 2.93. The maximum atomic E-state index is 12.8. The molecule has 2 rings (SSSR count). The summed E-state index contributed by atoms with van der Waals surface area (Å²) < 4.78 is 0. The Morgan fingerprint density at radius 1 is 0.815 bits per heavy atom. The van der Waals surface area contributed by atoms with E-state index < -0.39 is 0 Å². The molecular weight excluding hydrogens is 336 g/mol. The van der Waals surface area contributed by atoms with Gasteiger partial charge in [0.15, 0.2) is 11.6 Å². The zero-order chi connectivity index (χ0) is 20.0. The van der Waals surface area contributed by atoms with Crippen LogP contribution >= 0.6 is 0 Å². The molecule has 0 spiro atoms. The summed E-state index contributed by atoms with van der Waals surface area (Å²) in [5.41, 5.74) is 4.22. The Labute approximate surface area is 162 Å². The van der Waals surface area contributed by atoms with Crippen LogP contribution in [-0.2, 0) is 0 Å². The molecule has 4 nitrogen and oxygen atoms in total. The molecule has 0 atom stereocenters. The van der Waals surface area contributed by atoms with Gasteiger partial charge >= 0.3 is 0 Å². The molecule has 0 aromatic heterocycles. The van der Waals surface area contributed by atoms with Crippen molar-refractivity contribution in [3.8, 4) is 0 Å². The number of benzene rings is 2. The molecule has 0 fully saturated rings. The molecule has 0 aliphatic rings. The van der Waals surface area contributed by atoms with E-state index in [4.69, 9.17) is 0 Å². The van der Waals surface area contributed by atoms with Crippen LogP contribution in [-0.4, -0.2) is 43.7 Å². The maximum absolute atomic E-state index is 12.8. The summed E-state index contributed by atoms with van der Waals surface area (Å²) in [4.78, 5) is 28.5. The molecule has 0 radical (unpaired) electrons. The highest BCUT2D eigenvalue weighted by atomic mass is 16.1. The van der Waals surface area contributed by atoms with Crippen LogP contribution in [0.15, 0.2) is 54.6 Å². The van der Waals surface area contributed by atoms with Crippen LogP contribution in [0, 0.1) is 0 Å². The highest BCUT2D eigenvalue weighted by molar-refractivity contribution is 6.08. The highest BCUT2D eigenvalue weighted by Crippen LogP contribution is 2.23. The Kier molecular flexibility index (Phi) is 6.94. The van der Waals surface area contributed by atoms with E-state index in [-0.39, 0.29) is 11.6 Å². The van der Waals surface area contributed by atoms with Crippen LogP contribution < -0.4 is 4.90 Å². The molecule has 0 unspecified atom stereocenters. The Morgan fingerprint density at radius 3 is 1.74 bits per heavy atom. The van der Waals surface area contributed by atoms with E-state index in [1.807, 2.05) is 31.1 Å². The summed E-state index contributed by atoms with van der Waals surface area (Å²) in [6.45, 7) is 7.31. The maximum Gasteiger partial charge on any atom is 0.187 e. The number of carbonyl (C=O) groups excluding carboxylic acids is 2. The number of ketones is 2. The van der Waals surface area contributed by atoms with Crippen molar-refractivity contribution < 1.29 is 9.59 Å². The van der Waals surface area contributed by atoms with Gasteiger partial charge in [0.1, 0.15) is 0 Å². The minimum atomic E-state index is -0.0660. The third kappa shape index (κ3) is 5.07. The van der Waals surface area contributed by atoms with Gasteiger partial charge in [-0.1, -0.05) is 36.4 Å². The largest absolute Gasteiger partial charge is 0.378 e. The Bertz CT molecular complexity index is 814. The Morgan fingerprint density at radius 2 is 1.30 bits per heavy atom. The minimum Gasteiger partial charge on any atom is -0.378 e. The van der Waals surface area contributed by atoms with Crippen molar-refractivity contribution in [1.29, 1.82) is 0 Å². The molecule has 2 aromatic rings. The SMILES string of the molecule is CCN(CC)/C(=C\C(=O)c1ccc(C(C)=O)cc1)c1ccc(N(C)C)cc1. The lowest BCUT2D eigenvalue weighted by molar-refractivity contribution is 0.101. The number of anilines is 1.